The zero-order chi connectivity index (χ0) is 20.7. The molecule has 150 valence electrons. The third-order valence-corrected chi connectivity index (χ3v) is 6.36. The van der Waals surface area contributed by atoms with Gasteiger partial charge in [-0.2, -0.15) is 13.2 Å². The predicted octanol–water partition coefficient (Wildman–Crippen LogP) is 2.46. The lowest BCUT2D eigenvalue weighted by Crippen LogP contribution is -2.30. The van der Waals surface area contributed by atoms with E-state index in [0.717, 1.165) is 6.07 Å². The number of halogens is 3. The van der Waals surface area contributed by atoms with E-state index >= 15 is 0 Å². The molecule has 2 heterocycles. The van der Waals surface area contributed by atoms with Gasteiger partial charge in [0.05, 0.1) is 23.5 Å². The van der Waals surface area contributed by atoms with Crippen molar-refractivity contribution in [2.45, 2.75) is 26.1 Å². The van der Waals surface area contributed by atoms with E-state index in [1.165, 1.54) is 29.4 Å². The molecule has 2 aromatic rings. The van der Waals surface area contributed by atoms with Crippen molar-refractivity contribution < 1.29 is 26.4 Å². The molecule has 0 bridgehead atoms. The number of pyridine rings is 1. The summed E-state index contributed by atoms with van der Waals surface area (Å²) in [5.74, 6) is -0.591. The van der Waals surface area contributed by atoms with Crippen LogP contribution in [0.4, 0.5) is 18.9 Å². The largest absolute Gasteiger partial charge is 0.417 e. The summed E-state index contributed by atoms with van der Waals surface area (Å²) >= 11 is 0. The number of anilines is 1. The van der Waals surface area contributed by atoms with Crippen LogP contribution in [-0.2, 0) is 29.2 Å². The lowest BCUT2D eigenvalue weighted by atomic mass is 10.1. The highest BCUT2D eigenvalue weighted by Gasteiger charge is 2.31. The number of ketones is 1. The van der Waals surface area contributed by atoms with Crippen molar-refractivity contribution in [1.29, 1.82) is 0 Å². The lowest BCUT2D eigenvalue weighted by molar-refractivity contribution is -0.138. The van der Waals surface area contributed by atoms with E-state index in [2.05, 4.69) is 0 Å². The van der Waals surface area contributed by atoms with E-state index in [-0.39, 0.29) is 17.9 Å². The van der Waals surface area contributed by atoms with Crippen molar-refractivity contribution in [1.82, 2.24) is 4.57 Å². The average Bonchev–Trinajstić information content (AvgIpc) is 3.06. The van der Waals surface area contributed by atoms with Crippen LogP contribution < -0.4 is 9.86 Å². The molecule has 1 aromatic carbocycles. The van der Waals surface area contributed by atoms with E-state index in [1.54, 1.807) is 0 Å². The fourth-order valence-corrected chi connectivity index (χ4v) is 4.22. The van der Waals surface area contributed by atoms with Crippen molar-refractivity contribution in [2.24, 2.45) is 0 Å². The number of hydrogen-bond donors (Lipinski definition) is 0. The highest BCUT2D eigenvalue weighted by molar-refractivity contribution is 7.92. The van der Waals surface area contributed by atoms with Gasteiger partial charge in [-0.3, -0.25) is 13.9 Å². The minimum Gasteiger partial charge on any atom is -0.307 e. The summed E-state index contributed by atoms with van der Waals surface area (Å²) < 4.78 is 64.7. The summed E-state index contributed by atoms with van der Waals surface area (Å²) in [5, 5.41) is 0. The Kier molecular flexibility index (Phi) is 5.09. The van der Waals surface area contributed by atoms with E-state index in [1.807, 2.05) is 0 Å². The smallest absolute Gasteiger partial charge is 0.307 e. The molecule has 3 rings (SSSR count). The van der Waals surface area contributed by atoms with Gasteiger partial charge in [-0.05, 0) is 43.2 Å². The molecule has 10 heteroatoms. The van der Waals surface area contributed by atoms with Crippen LogP contribution >= 0.6 is 0 Å². The van der Waals surface area contributed by atoms with E-state index in [0.29, 0.717) is 34.5 Å². The van der Waals surface area contributed by atoms with Gasteiger partial charge in [-0.25, -0.2) is 8.42 Å². The molecule has 1 aromatic heterocycles. The Labute approximate surface area is 159 Å². The van der Waals surface area contributed by atoms with Crippen LogP contribution in [0.5, 0.6) is 0 Å². The van der Waals surface area contributed by atoms with Crippen molar-refractivity contribution in [2.75, 3.05) is 16.6 Å². The van der Waals surface area contributed by atoms with Crippen LogP contribution in [0.2, 0.25) is 0 Å². The Hall–Kier alpha value is -2.62. The van der Waals surface area contributed by atoms with Crippen molar-refractivity contribution in [3.8, 4) is 0 Å². The highest BCUT2D eigenvalue weighted by Crippen LogP contribution is 2.31. The van der Waals surface area contributed by atoms with Gasteiger partial charge in [0.2, 0.25) is 10.0 Å². The van der Waals surface area contributed by atoms with Crippen LogP contribution in [0.1, 0.15) is 28.4 Å². The molecule has 0 spiro atoms. The molecule has 0 unspecified atom stereocenters. The fourth-order valence-electron chi connectivity index (χ4n) is 3.06. The molecule has 1 aliphatic heterocycles. The number of rotatable bonds is 5. The van der Waals surface area contributed by atoms with Gasteiger partial charge in [-0.15, -0.1) is 0 Å². The second kappa shape index (κ2) is 7.08. The van der Waals surface area contributed by atoms with Crippen molar-refractivity contribution >= 4 is 21.5 Å². The van der Waals surface area contributed by atoms with Gasteiger partial charge < -0.3 is 4.57 Å². The molecule has 0 N–H and O–H groups in total. The van der Waals surface area contributed by atoms with Crippen LogP contribution in [0.15, 0.2) is 41.3 Å². The number of fused-ring (bicyclic) bond motifs is 1. The number of aromatic nitrogens is 1. The zero-order valence-electron chi connectivity index (χ0n) is 14.9. The van der Waals surface area contributed by atoms with Crippen molar-refractivity contribution in [3.05, 3.63) is 63.6 Å². The number of nitrogens with zero attached hydrogens (tertiary/aromatic N) is 2. The fraction of sp³-hybridized carbons (Fsp3) is 0.333. The van der Waals surface area contributed by atoms with Gasteiger partial charge >= 0.3 is 6.18 Å². The molecule has 6 nitrogen and oxygen atoms in total. The highest BCUT2D eigenvalue weighted by atomic mass is 32.2. The molecular formula is C18H17F3N2O4S. The quantitative estimate of drug-likeness (QED) is 0.705. The predicted molar refractivity (Wildman–Crippen MR) is 97.0 cm³/mol. The molecule has 0 amide bonds. The monoisotopic (exact) mass is 414 g/mol. The molecule has 0 atom stereocenters. The van der Waals surface area contributed by atoms with Crippen LogP contribution in [0.25, 0.3) is 0 Å². The molecule has 0 fully saturated rings. The second-order valence-corrected chi connectivity index (χ2v) is 8.55. The maximum Gasteiger partial charge on any atom is 0.417 e. The number of carbonyl (C=O) groups excluding carboxylic acids is 1. The lowest BCUT2D eigenvalue weighted by Gasteiger charge is -2.18. The van der Waals surface area contributed by atoms with Crippen molar-refractivity contribution in [3.63, 3.8) is 0 Å². The first-order valence-corrected chi connectivity index (χ1v) is 10.1. The third kappa shape index (κ3) is 3.82. The number of benzene rings is 1. The minimum absolute atomic E-state index is 0.0500. The van der Waals surface area contributed by atoms with E-state index < -0.39 is 39.7 Å². The first-order valence-electron chi connectivity index (χ1n) is 8.47. The molecule has 0 saturated carbocycles. The van der Waals surface area contributed by atoms with Crippen LogP contribution in [-0.4, -0.2) is 31.1 Å². The summed E-state index contributed by atoms with van der Waals surface area (Å²) in [5.41, 5.74) is -0.371. The SMILES string of the molecule is CCS(=O)(=O)N1CCc2cc(C(=O)Cn3cc(C(F)(F)F)ccc3=O)ccc21. The zero-order valence-corrected chi connectivity index (χ0v) is 15.7. The Balaban J connectivity index is 1.87. The molecule has 0 aliphatic carbocycles. The Bertz CT molecular complexity index is 1090. The molecule has 0 radical (unpaired) electrons. The van der Waals surface area contributed by atoms with Gasteiger partial charge in [0.25, 0.3) is 5.56 Å². The van der Waals surface area contributed by atoms with Crippen LogP contribution in [0.3, 0.4) is 0 Å². The summed E-state index contributed by atoms with van der Waals surface area (Å²) in [6.07, 6.45) is -3.58. The summed E-state index contributed by atoms with van der Waals surface area (Å²) in [4.78, 5) is 24.3. The van der Waals surface area contributed by atoms with Crippen LogP contribution in [0, 0.1) is 0 Å². The van der Waals surface area contributed by atoms with Gasteiger partial charge in [0.15, 0.2) is 5.78 Å². The standard InChI is InChI=1S/C18H17F3N2O4S/c1-2-28(26,27)23-8-7-12-9-13(3-5-15(12)23)16(24)11-22-10-14(18(19,20)21)4-6-17(22)25/h3-6,9-10H,2,7-8,11H2,1H3. The Morgan fingerprint density at radius 2 is 1.89 bits per heavy atom. The first kappa shape index (κ1) is 20.1. The summed E-state index contributed by atoms with van der Waals surface area (Å²) in [6, 6.07) is 5.90. The van der Waals surface area contributed by atoms with E-state index in [9.17, 15) is 31.2 Å². The Morgan fingerprint density at radius 3 is 2.54 bits per heavy atom. The maximum absolute atomic E-state index is 12.8. The molecular weight excluding hydrogens is 397 g/mol. The topological polar surface area (TPSA) is 76.5 Å². The third-order valence-electron chi connectivity index (χ3n) is 4.58. The number of alkyl halides is 3. The first-order chi connectivity index (χ1) is 13.0. The molecule has 0 saturated heterocycles. The second-order valence-electron chi connectivity index (χ2n) is 6.37. The van der Waals surface area contributed by atoms with Gasteiger partial charge in [-0.1, -0.05) is 0 Å². The van der Waals surface area contributed by atoms with Gasteiger partial charge in [0, 0.05) is 24.4 Å². The average molecular weight is 414 g/mol. The maximum atomic E-state index is 12.8. The summed E-state index contributed by atoms with van der Waals surface area (Å²) in [6.45, 7) is 1.27. The summed E-state index contributed by atoms with van der Waals surface area (Å²) in [7, 11) is -3.42. The number of hydrogen-bond acceptors (Lipinski definition) is 4. The number of carbonyl (C=O) groups is 1. The molecule has 28 heavy (non-hydrogen) atoms. The number of sulfonamides is 1. The van der Waals surface area contributed by atoms with Gasteiger partial charge in [0.1, 0.15) is 0 Å². The van der Waals surface area contributed by atoms with E-state index in [4.69, 9.17) is 0 Å². The molecule has 1 aliphatic rings. The minimum atomic E-state index is -4.62. The normalized spacial score (nSPS) is 14.2. The number of Topliss-reactive ketones (excluding diaryl/α,β-unsaturated/α-hetero) is 1. The Morgan fingerprint density at radius 1 is 1.18 bits per heavy atom.